The highest BCUT2D eigenvalue weighted by Gasteiger charge is 2.61. The Kier molecular flexibility index (Phi) is 6.39. The predicted octanol–water partition coefficient (Wildman–Crippen LogP) is 5.88. The van der Waals surface area contributed by atoms with Crippen LogP contribution in [0, 0.1) is 11.8 Å². The third-order valence-corrected chi connectivity index (χ3v) is 10.3. The molecular formula is C30H38ClN3O. The van der Waals surface area contributed by atoms with E-state index < -0.39 is 0 Å². The molecule has 2 aliphatic carbocycles. The van der Waals surface area contributed by atoms with Crippen molar-refractivity contribution in [3.8, 4) is 0 Å². The summed E-state index contributed by atoms with van der Waals surface area (Å²) < 4.78 is 0. The van der Waals surface area contributed by atoms with Gasteiger partial charge >= 0.3 is 0 Å². The van der Waals surface area contributed by atoms with Crippen molar-refractivity contribution in [2.45, 2.75) is 81.1 Å². The van der Waals surface area contributed by atoms with Gasteiger partial charge in [0.1, 0.15) is 5.15 Å². The topological polar surface area (TPSA) is 45.2 Å². The van der Waals surface area contributed by atoms with E-state index in [9.17, 15) is 4.79 Å². The molecule has 2 aliphatic heterocycles. The number of carbonyl (C=O) groups excluding carboxylic acids is 1. The van der Waals surface area contributed by atoms with Gasteiger partial charge in [-0.15, -0.1) is 0 Å². The molecule has 4 aliphatic rings. The monoisotopic (exact) mass is 491 g/mol. The van der Waals surface area contributed by atoms with E-state index in [4.69, 9.17) is 16.6 Å². The second-order valence-electron chi connectivity index (χ2n) is 11.5. The van der Waals surface area contributed by atoms with Gasteiger partial charge in [-0.1, -0.05) is 67.3 Å². The Balaban J connectivity index is 1.50. The average molecular weight is 492 g/mol. The highest BCUT2D eigenvalue weighted by molar-refractivity contribution is 6.29. The molecule has 2 saturated heterocycles. The molecule has 35 heavy (non-hydrogen) atoms. The van der Waals surface area contributed by atoms with Crippen LogP contribution in [0.3, 0.4) is 0 Å². The third-order valence-electron chi connectivity index (χ3n) is 10.1. The zero-order valence-electron chi connectivity index (χ0n) is 20.7. The Labute approximate surface area is 214 Å². The van der Waals surface area contributed by atoms with E-state index in [-0.39, 0.29) is 11.0 Å². The van der Waals surface area contributed by atoms with Gasteiger partial charge in [0.25, 0.3) is 0 Å². The fourth-order valence-electron chi connectivity index (χ4n) is 8.69. The summed E-state index contributed by atoms with van der Waals surface area (Å²) in [4.78, 5) is 20.0. The van der Waals surface area contributed by atoms with Gasteiger partial charge in [-0.05, 0) is 74.0 Å². The number of halogens is 1. The first-order valence-electron chi connectivity index (χ1n) is 13.8. The molecule has 0 radical (unpaired) electrons. The van der Waals surface area contributed by atoms with E-state index in [0.717, 1.165) is 51.7 Å². The molecule has 3 heterocycles. The number of carbonyl (C=O) groups is 1. The van der Waals surface area contributed by atoms with Crippen LogP contribution in [0.15, 0.2) is 42.5 Å². The highest BCUT2D eigenvalue weighted by atomic mass is 35.5. The molecule has 0 bridgehead atoms. The quantitative estimate of drug-likeness (QED) is 0.429. The number of pyridine rings is 1. The summed E-state index contributed by atoms with van der Waals surface area (Å²) in [5, 5.41) is 4.44. The Morgan fingerprint density at radius 3 is 2.66 bits per heavy atom. The molecule has 1 aromatic carbocycles. The van der Waals surface area contributed by atoms with Gasteiger partial charge in [0.2, 0.25) is 6.41 Å². The van der Waals surface area contributed by atoms with Gasteiger partial charge in [0.05, 0.1) is 5.54 Å². The maximum absolute atomic E-state index is 12.9. The Bertz CT molecular complexity index is 1050. The molecule has 6 rings (SSSR count). The number of hydrogen-bond donors (Lipinski definition) is 1. The normalized spacial score (nSPS) is 33.6. The number of nitrogens with zero attached hydrogens (tertiary/aromatic N) is 2. The number of fused-ring (bicyclic) bond motifs is 2. The van der Waals surface area contributed by atoms with E-state index >= 15 is 0 Å². The minimum atomic E-state index is -0.126. The summed E-state index contributed by atoms with van der Waals surface area (Å²) in [6.45, 7) is 2.81. The lowest BCUT2D eigenvalue weighted by molar-refractivity contribution is -0.139. The first-order chi connectivity index (χ1) is 17.2. The lowest BCUT2D eigenvalue weighted by Crippen LogP contribution is -2.66. The number of aryl methyl sites for hydroxylation is 1. The fourth-order valence-corrected chi connectivity index (χ4v) is 8.86. The van der Waals surface area contributed by atoms with Crippen molar-refractivity contribution in [1.29, 1.82) is 0 Å². The number of benzene rings is 1. The highest BCUT2D eigenvalue weighted by Crippen LogP contribution is 2.58. The fraction of sp³-hybridized carbons (Fsp3) is 0.600. The minimum Gasteiger partial charge on any atom is -0.339 e. The Hall–Kier alpha value is -1.91. The number of likely N-dealkylation sites (tertiary alicyclic amines) is 1. The number of hydrogen-bond acceptors (Lipinski definition) is 3. The predicted molar refractivity (Wildman–Crippen MR) is 141 cm³/mol. The first-order valence-corrected chi connectivity index (χ1v) is 14.2. The lowest BCUT2D eigenvalue weighted by atomic mass is 9.52. The van der Waals surface area contributed by atoms with Crippen LogP contribution in [-0.4, -0.2) is 41.5 Å². The van der Waals surface area contributed by atoms with Crippen molar-refractivity contribution in [2.24, 2.45) is 11.8 Å². The molecule has 4 nitrogen and oxygen atoms in total. The van der Waals surface area contributed by atoms with Crippen molar-refractivity contribution in [3.63, 3.8) is 0 Å². The summed E-state index contributed by atoms with van der Waals surface area (Å²) >= 11 is 6.36. The van der Waals surface area contributed by atoms with Gasteiger partial charge in [-0.2, -0.15) is 0 Å². The summed E-state index contributed by atoms with van der Waals surface area (Å²) in [5.41, 5.74) is 3.91. The van der Waals surface area contributed by atoms with E-state index in [0.29, 0.717) is 22.9 Å². The summed E-state index contributed by atoms with van der Waals surface area (Å²) in [6, 6.07) is 15.3. The van der Waals surface area contributed by atoms with Gasteiger partial charge in [-0.3, -0.25) is 4.79 Å². The number of amides is 1. The molecule has 1 aromatic heterocycles. The molecule has 2 aromatic rings. The molecule has 1 saturated carbocycles. The molecule has 0 unspecified atom stereocenters. The average Bonchev–Trinajstić information content (AvgIpc) is 3.33. The summed E-state index contributed by atoms with van der Waals surface area (Å²) in [6.07, 6.45) is 13.0. The largest absolute Gasteiger partial charge is 0.339 e. The maximum atomic E-state index is 12.9. The zero-order valence-corrected chi connectivity index (χ0v) is 21.5. The SMILES string of the molecule is O=CN1CC[C@@H](c2ccccc2)C[C@]1(C1CCCCC1)[C@@H]1CNC[C@]12CCCc1nc(Cl)ccc12. The molecule has 4 atom stereocenters. The summed E-state index contributed by atoms with van der Waals surface area (Å²) in [5.74, 6) is 1.44. The molecule has 3 fully saturated rings. The zero-order chi connectivity index (χ0) is 23.9. The second kappa shape index (κ2) is 9.52. The van der Waals surface area contributed by atoms with Crippen LogP contribution in [0.2, 0.25) is 5.15 Å². The molecule has 186 valence electrons. The Morgan fingerprint density at radius 1 is 1.03 bits per heavy atom. The molecular weight excluding hydrogens is 454 g/mol. The van der Waals surface area contributed by atoms with Gasteiger partial charge in [-0.25, -0.2) is 4.98 Å². The van der Waals surface area contributed by atoms with E-state index in [1.54, 1.807) is 0 Å². The second-order valence-corrected chi connectivity index (χ2v) is 11.9. The minimum absolute atomic E-state index is 0.0163. The van der Waals surface area contributed by atoms with Crippen LogP contribution in [0.4, 0.5) is 0 Å². The van der Waals surface area contributed by atoms with Crippen LogP contribution < -0.4 is 5.32 Å². The van der Waals surface area contributed by atoms with Gasteiger partial charge < -0.3 is 10.2 Å². The molecule has 1 amide bonds. The molecule has 5 heteroatoms. The number of aromatic nitrogens is 1. The van der Waals surface area contributed by atoms with Crippen LogP contribution >= 0.6 is 11.6 Å². The van der Waals surface area contributed by atoms with Crippen molar-refractivity contribution in [3.05, 3.63) is 64.4 Å². The number of piperidine rings is 1. The van der Waals surface area contributed by atoms with Crippen LogP contribution in [0.1, 0.15) is 80.5 Å². The van der Waals surface area contributed by atoms with Crippen molar-refractivity contribution < 1.29 is 4.79 Å². The molecule has 1 spiro atoms. The lowest BCUT2D eigenvalue weighted by Gasteiger charge is -2.60. The van der Waals surface area contributed by atoms with Crippen LogP contribution in [0.25, 0.3) is 0 Å². The third kappa shape index (κ3) is 3.83. The van der Waals surface area contributed by atoms with E-state index in [2.05, 4.69) is 46.6 Å². The Morgan fingerprint density at radius 2 is 1.86 bits per heavy atom. The van der Waals surface area contributed by atoms with E-state index in [1.807, 2.05) is 6.07 Å². The number of rotatable bonds is 4. The first kappa shape index (κ1) is 23.5. The van der Waals surface area contributed by atoms with Gasteiger partial charge in [0.15, 0.2) is 0 Å². The smallest absolute Gasteiger partial charge is 0.210 e. The summed E-state index contributed by atoms with van der Waals surface area (Å²) in [7, 11) is 0. The van der Waals surface area contributed by atoms with Crippen LogP contribution in [0.5, 0.6) is 0 Å². The van der Waals surface area contributed by atoms with Gasteiger partial charge in [0, 0.05) is 36.7 Å². The van der Waals surface area contributed by atoms with Crippen molar-refractivity contribution in [1.82, 2.24) is 15.2 Å². The standard InChI is InChI=1S/C30H38ClN3O/c31-28-14-13-25-26(33-28)12-7-16-29(25)20-32-19-27(29)30(24-10-5-2-6-11-24)18-23(15-17-34(30)21-35)22-8-3-1-4-9-22/h1,3-4,8-9,13-14,21,23-24,27,32H,2,5-7,10-12,15-20H2/t23-,27-,29+,30+/m1/s1. The van der Waals surface area contributed by atoms with Crippen molar-refractivity contribution in [2.75, 3.05) is 19.6 Å². The maximum Gasteiger partial charge on any atom is 0.210 e. The van der Waals surface area contributed by atoms with E-state index in [1.165, 1.54) is 55.3 Å². The van der Waals surface area contributed by atoms with Crippen molar-refractivity contribution >= 4 is 18.0 Å². The number of nitrogens with one attached hydrogen (secondary N) is 1. The molecule has 1 N–H and O–H groups in total. The van der Waals surface area contributed by atoms with Crippen LogP contribution in [-0.2, 0) is 16.6 Å².